The van der Waals surface area contributed by atoms with Crippen LogP contribution in [0.5, 0.6) is 0 Å². The number of piperazine rings is 1. The van der Waals surface area contributed by atoms with Gasteiger partial charge in [0.05, 0.1) is 5.69 Å². The molecule has 0 bridgehead atoms. The quantitative estimate of drug-likeness (QED) is 0.727. The monoisotopic (exact) mass is 355 g/mol. The van der Waals surface area contributed by atoms with E-state index in [1.54, 1.807) is 12.3 Å². The van der Waals surface area contributed by atoms with Crippen LogP contribution >= 0.6 is 11.6 Å². The number of aromatic amines is 1. The maximum atomic E-state index is 5.93. The Kier molecular flexibility index (Phi) is 4.33. The number of hydrogen-bond acceptors (Lipinski definition) is 6. The highest BCUT2D eigenvalue weighted by atomic mass is 35.5. The van der Waals surface area contributed by atoms with Crippen molar-refractivity contribution < 1.29 is 0 Å². The fourth-order valence-electron chi connectivity index (χ4n) is 2.81. The molecular formula is C17H18ClN7. The summed E-state index contributed by atoms with van der Waals surface area (Å²) < 4.78 is 0. The summed E-state index contributed by atoms with van der Waals surface area (Å²) in [6.07, 6.45) is 1.62. The number of nitrogens with zero attached hydrogens (tertiary/aromatic N) is 6. The number of rotatable bonds is 3. The van der Waals surface area contributed by atoms with Gasteiger partial charge in [0, 0.05) is 32.4 Å². The summed E-state index contributed by atoms with van der Waals surface area (Å²) in [7, 11) is 2.14. The molecule has 0 saturated carbocycles. The highest BCUT2D eigenvalue weighted by Gasteiger charge is 2.16. The van der Waals surface area contributed by atoms with Crippen LogP contribution in [0.15, 0.2) is 36.5 Å². The van der Waals surface area contributed by atoms with Crippen LogP contribution in [0.3, 0.4) is 0 Å². The van der Waals surface area contributed by atoms with Gasteiger partial charge >= 0.3 is 0 Å². The SMILES string of the molecule is CN1CCN(c2cccc(-c3cc(-c4nccc(Cl)n4)[nH]n3)n2)CC1. The number of aromatic nitrogens is 5. The minimum atomic E-state index is 0.399. The third-order valence-corrected chi connectivity index (χ3v) is 4.47. The summed E-state index contributed by atoms with van der Waals surface area (Å²) in [6, 6.07) is 9.55. The molecule has 8 heteroatoms. The molecule has 25 heavy (non-hydrogen) atoms. The van der Waals surface area contributed by atoms with Crippen molar-refractivity contribution in [3.8, 4) is 22.9 Å². The smallest absolute Gasteiger partial charge is 0.178 e. The number of pyridine rings is 1. The lowest BCUT2D eigenvalue weighted by atomic mass is 10.2. The van der Waals surface area contributed by atoms with Gasteiger partial charge in [0.15, 0.2) is 5.82 Å². The Balaban J connectivity index is 1.59. The van der Waals surface area contributed by atoms with E-state index in [0.29, 0.717) is 16.7 Å². The summed E-state index contributed by atoms with van der Waals surface area (Å²) in [6.45, 7) is 4.05. The largest absolute Gasteiger partial charge is 0.354 e. The Morgan fingerprint density at radius 2 is 1.88 bits per heavy atom. The molecule has 1 aliphatic heterocycles. The number of anilines is 1. The molecule has 1 saturated heterocycles. The second-order valence-electron chi connectivity index (χ2n) is 6.04. The molecule has 4 rings (SSSR count). The van der Waals surface area contributed by atoms with Crippen molar-refractivity contribution in [2.75, 3.05) is 38.1 Å². The Morgan fingerprint density at radius 3 is 2.68 bits per heavy atom. The van der Waals surface area contributed by atoms with Gasteiger partial charge < -0.3 is 9.80 Å². The fourth-order valence-corrected chi connectivity index (χ4v) is 2.95. The molecule has 0 amide bonds. The molecule has 0 radical (unpaired) electrons. The highest BCUT2D eigenvalue weighted by molar-refractivity contribution is 6.29. The molecule has 4 heterocycles. The summed E-state index contributed by atoms with van der Waals surface area (Å²) in [5.74, 6) is 1.50. The number of nitrogens with one attached hydrogen (secondary N) is 1. The Labute approximate surface area is 150 Å². The van der Waals surface area contributed by atoms with E-state index in [4.69, 9.17) is 16.6 Å². The minimum Gasteiger partial charge on any atom is -0.354 e. The van der Waals surface area contributed by atoms with E-state index in [-0.39, 0.29) is 0 Å². The van der Waals surface area contributed by atoms with Gasteiger partial charge in [-0.3, -0.25) is 5.10 Å². The van der Waals surface area contributed by atoms with Gasteiger partial charge in [-0.05, 0) is 31.3 Å². The maximum absolute atomic E-state index is 5.93. The molecule has 0 aromatic carbocycles. The van der Waals surface area contributed by atoms with Gasteiger partial charge in [-0.1, -0.05) is 17.7 Å². The average molecular weight is 356 g/mol. The fraction of sp³-hybridized carbons (Fsp3) is 0.294. The van der Waals surface area contributed by atoms with Crippen molar-refractivity contribution in [2.24, 2.45) is 0 Å². The molecule has 128 valence electrons. The van der Waals surface area contributed by atoms with E-state index >= 15 is 0 Å². The van der Waals surface area contributed by atoms with Crippen LogP contribution in [0.25, 0.3) is 22.9 Å². The topological polar surface area (TPSA) is 73.8 Å². The summed E-state index contributed by atoms with van der Waals surface area (Å²) in [4.78, 5) is 17.8. The van der Waals surface area contributed by atoms with Crippen molar-refractivity contribution in [3.05, 3.63) is 41.7 Å². The van der Waals surface area contributed by atoms with Crippen molar-refractivity contribution in [2.45, 2.75) is 0 Å². The van der Waals surface area contributed by atoms with Crippen LogP contribution in [0.4, 0.5) is 5.82 Å². The maximum Gasteiger partial charge on any atom is 0.178 e. The van der Waals surface area contributed by atoms with Crippen LogP contribution in [0.2, 0.25) is 5.15 Å². The van der Waals surface area contributed by atoms with Gasteiger partial charge in [-0.15, -0.1) is 0 Å². The first kappa shape index (κ1) is 16.0. The first-order valence-corrected chi connectivity index (χ1v) is 8.52. The molecule has 1 aliphatic rings. The van der Waals surface area contributed by atoms with E-state index in [1.165, 1.54) is 0 Å². The van der Waals surface area contributed by atoms with Crippen molar-refractivity contribution in [1.82, 2.24) is 30.0 Å². The van der Waals surface area contributed by atoms with E-state index in [1.807, 2.05) is 24.3 Å². The lowest BCUT2D eigenvalue weighted by molar-refractivity contribution is 0.312. The van der Waals surface area contributed by atoms with Crippen molar-refractivity contribution in [3.63, 3.8) is 0 Å². The molecule has 1 fully saturated rings. The minimum absolute atomic E-state index is 0.399. The molecule has 3 aromatic heterocycles. The van der Waals surface area contributed by atoms with E-state index in [9.17, 15) is 0 Å². The highest BCUT2D eigenvalue weighted by Crippen LogP contribution is 2.23. The van der Waals surface area contributed by atoms with Gasteiger partial charge in [-0.25, -0.2) is 15.0 Å². The Morgan fingerprint density at radius 1 is 1.04 bits per heavy atom. The number of hydrogen-bond donors (Lipinski definition) is 1. The predicted molar refractivity (Wildman–Crippen MR) is 97.6 cm³/mol. The lowest BCUT2D eigenvalue weighted by Crippen LogP contribution is -2.44. The first-order valence-electron chi connectivity index (χ1n) is 8.14. The molecule has 0 unspecified atom stereocenters. The zero-order chi connectivity index (χ0) is 17.2. The molecule has 3 aromatic rings. The molecule has 0 atom stereocenters. The van der Waals surface area contributed by atoms with Crippen LogP contribution in [-0.4, -0.2) is 63.3 Å². The normalized spacial score (nSPS) is 15.5. The molecule has 1 N–H and O–H groups in total. The van der Waals surface area contributed by atoms with Crippen LogP contribution < -0.4 is 4.90 Å². The number of H-pyrrole nitrogens is 1. The van der Waals surface area contributed by atoms with E-state index in [0.717, 1.165) is 43.4 Å². The molecule has 0 spiro atoms. The third kappa shape index (κ3) is 3.47. The lowest BCUT2D eigenvalue weighted by Gasteiger charge is -2.33. The molecular weight excluding hydrogens is 338 g/mol. The number of likely N-dealkylation sites (N-methyl/N-ethyl adjacent to an activating group) is 1. The van der Waals surface area contributed by atoms with E-state index < -0.39 is 0 Å². The third-order valence-electron chi connectivity index (χ3n) is 4.26. The standard InChI is InChI=1S/C17H18ClN7/c1-24-7-9-25(10-8-24)16-4-2-3-12(20-16)13-11-14(23-22-13)17-19-6-5-15(18)21-17/h2-6,11H,7-10H2,1H3,(H,22,23). The summed E-state index contributed by atoms with van der Waals surface area (Å²) in [5.41, 5.74) is 2.29. The van der Waals surface area contributed by atoms with E-state index in [2.05, 4.69) is 37.0 Å². The second kappa shape index (κ2) is 6.78. The Hall–Kier alpha value is -2.51. The predicted octanol–water partition coefficient (Wildman–Crippen LogP) is 2.33. The van der Waals surface area contributed by atoms with Gasteiger partial charge in [0.1, 0.15) is 22.4 Å². The van der Waals surface area contributed by atoms with Gasteiger partial charge in [0.2, 0.25) is 0 Å². The second-order valence-corrected chi connectivity index (χ2v) is 6.43. The Bertz CT molecular complexity index is 871. The molecule has 0 aliphatic carbocycles. The summed E-state index contributed by atoms with van der Waals surface area (Å²) in [5, 5.41) is 7.71. The molecule has 7 nitrogen and oxygen atoms in total. The van der Waals surface area contributed by atoms with Gasteiger partial charge in [0.25, 0.3) is 0 Å². The van der Waals surface area contributed by atoms with Crippen LogP contribution in [-0.2, 0) is 0 Å². The summed E-state index contributed by atoms with van der Waals surface area (Å²) >= 11 is 5.93. The van der Waals surface area contributed by atoms with Crippen LogP contribution in [0.1, 0.15) is 0 Å². The number of halogens is 1. The zero-order valence-corrected chi connectivity index (χ0v) is 14.6. The first-order chi connectivity index (χ1) is 12.2. The van der Waals surface area contributed by atoms with Crippen LogP contribution in [0, 0.1) is 0 Å². The van der Waals surface area contributed by atoms with Gasteiger partial charge in [-0.2, -0.15) is 5.10 Å². The zero-order valence-electron chi connectivity index (χ0n) is 13.9. The van der Waals surface area contributed by atoms with Crippen molar-refractivity contribution >= 4 is 17.4 Å². The average Bonchev–Trinajstić information content (AvgIpc) is 3.13. The van der Waals surface area contributed by atoms with Crippen molar-refractivity contribution in [1.29, 1.82) is 0 Å².